The molecule has 0 aliphatic carbocycles. The van der Waals surface area contributed by atoms with E-state index in [1.165, 1.54) is 12.1 Å². The zero-order valence-corrected chi connectivity index (χ0v) is 13.7. The van der Waals surface area contributed by atoms with Crippen molar-refractivity contribution in [1.29, 1.82) is 0 Å². The molecule has 1 unspecified atom stereocenters. The summed E-state index contributed by atoms with van der Waals surface area (Å²) in [6, 6.07) is 5.05. The van der Waals surface area contributed by atoms with Crippen LogP contribution < -0.4 is 4.74 Å². The van der Waals surface area contributed by atoms with E-state index in [1.807, 2.05) is 6.92 Å². The van der Waals surface area contributed by atoms with Crippen molar-refractivity contribution in [3.05, 3.63) is 53.7 Å². The fourth-order valence-electron chi connectivity index (χ4n) is 2.81. The van der Waals surface area contributed by atoms with Crippen LogP contribution in [0.5, 0.6) is 5.88 Å². The van der Waals surface area contributed by atoms with E-state index in [-0.39, 0.29) is 11.4 Å². The zero-order chi connectivity index (χ0) is 18.0. The Labute approximate surface area is 144 Å². The van der Waals surface area contributed by atoms with Gasteiger partial charge in [-0.3, -0.25) is 4.79 Å². The van der Waals surface area contributed by atoms with Gasteiger partial charge in [0, 0.05) is 17.2 Å². The molecule has 1 aliphatic rings. The first kappa shape index (κ1) is 17.1. The van der Waals surface area contributed by atoms with Crippen molar-refractivity contribution in [2.75, 3.05) is 6.61 Å². The van der Waals surface area contributed by atoms with Crippen molar-refractivity contribution in [2.24, 2.45) is 0 Å². The minimum Gasteiger partial charge on any atom is -0.492 e. The molecule has 0 saturated carbocycles. The number of ether oxygens (including phenoxy) is 2. The lowest BCUT2D eigenvalue weighted by molar-refractivity contribution is -0.114. The predicted molar refractivity (Wildman–Crippen MR) is 89.1 cm³/mol. The molecular weight excluding hydrogens is 328 g/mol. The Kier molecular flexibility index (Phi) is 4.79. The first-order valence-corrected chi connectivity index (χ1v) is 7.96. The maximum absolute atomic E-state index is 14.3. The number of nitrogens with zero attached hydrogens (tertiary/aromatic N) is 1. The lowest BCUT2D eigenvalue weighted by atomic mass is 9.94. The highest BCUT2D eigenvalue weighted by Gasteiger charge is 2.26. The van der Waals surface area contributed by atoms with Gasteiger partial charge in [-0.15, -0.1) is 0 Å². The SMILES string of the molecule is C=C(OCC)c1cc(-c2ccc(F)cc2F)c2c(n1)OC(C=O)CC2. The van der Waals surface area contributed by atoms with E-state index in [9.17, 15) is 13.6 Å². The average molecular weight is 345 g/mol. The molecule has 1 aromatic heterocycles. The molecule has 0 fully saturated rings. The van der Waals surface area contributed by atoms with E-state index in [4.69, 9.17) is 9.47 Å². The minimum atomic E-state index is -0.682. The Bertz CT molecular complexity index is 836. The molecule has 0 spiro atoms. The second kappa shape index (κ2) is 7.01. The van der Waals surface area contributed by atoms with E-state index < -0.39 is 17.7 Å². The van der Waals surface area contributed by atoms with Crippen LogP contribution in [-0.2, 0) is 16.0 Å². The fourth-order valence-corrected chi connectivity index (χ4v) is 2.81. The van der Waals surface area contributed by atoms with Crippen LogP contribution in [0.1, 0.15) is 24.6 Å². The number of carbonyl (C=O) groups excluding carboxylic acids is 1. The van der Waals surface area contributed by atoms with Crippen molar-refractivity contribution in [3.63, 3.8) is 0 Å². The third-order valence-corrected chi connectivity index (χ3v) is 4.01. The first-order valence-electron chi connectivity index (χ1n) is 7.96. The number of carbonyl (C=O) groups is 1. The standard InChI is InChI=1S/C19H17F2NO3/c1-3-24-11(2)18-9-16(14-6-4-12(20)8-17(14)21)15-7-5-13(10-23)25-19(15)22-18/h4,6,8-10,13H,2-3,5,7H2,1H3. The normalized spacial score (nSPS) is 15.9. The second-order valence-electron chi connectivity index (χ2n) is 5.65. The van der Waals surface area contributed by atoms with E-state index in [1.54, 1.807) is 6.07 Å². The van der Waals surface area contributed by atoms with Crippen LogP contribution in [0.2, 0.25) is 0 Å². The van der Waals surface area contributed by atoms with Crippen molar-refractivity contribution < 1.29 is 23.0 Å². The van der Waals surface area contributed by atoms with Gasteiger partial charge < -0.3 is 9.47 Å². The van der Waals surface area contributed by atoms with E-state index in [2.05, 4.69) is 11.6 Å². The molecule has 0 N–H and O–H groups in total. The number of hydrogen-bond acceptors (Lipinski definition) is 4. The maximum atomic E-state index is 14.3. The molecule has 1 aromatic carbocycles. The number of halogens is 2. The third-order valence-electron chi connectivity index (χ3n) is 4.01. The molecule has 3 rings (SSSR count). The first-order chi connectivity index (χ1) is 12.0. The molecule has 0 radical (unpaired) electrons. The van der Waals surface area contributed by atoms with Gasteiger partial charge in [0.25, 0.3) is 0 Å². The Hall–Kier alpha value is -2.76. The van der Waals surface area contributed by atoms with Gasteiger partial charge in [0.1, 0.15) is 23.1 Å². The Morgan fingerprint density at radius 2 is 2.20 bits per heavy atom. The highest BCUT2D eigenvalue weighted by atomic mass is 19.1. The van der Waals surface area contributed by atoms with Crippen LogP contribution in [0.3, 0.4) is 0 Å². The van der Waals surface area contributed by atoms with Gasteiger partial charge in [-0.05, 0) is 43.5 Å². The highest BCUT2D eigenvalue weighted by molar-refractivity contribution is 5.74. The minimum absolute atomic E-state index is 0.235. The third kappa shape index (κ3) is 3.38. The summed E-state index contributed by atoms with van der Waals surface area (Å²) in [5.41, 5.74) is 1.82. The molecule has 6 heteroatoms. The second-order valence-corrected chi connectivity index (χ2v) is 5.65. The molecule has 2 heterocycles. The van der Waals surface area contributed by atoms with Crippen LogP contribution >= 0.6 is 0 Å². The number of aromatic nitrogens is 1. The monoisotopic (exact) mass is 345 g/mol. The van der Waals surface area contributed by atoms with Crippen LogP contribution in [0.4, 0.5) is 8.78 Å². The number of benzene rings is 1. The van der Waals surface area contributed by atoms with Crippen molar-refractivity contribution >= 4 is 12.0 Å². The summed E-state index contributed by atoms with van der Waals surface area (Å²) in [6.45, 7) is 6.02. The van der Waals surface area contributed by atoms with Crippen LogP contribution in [-0.4, -0.2) is 24.0 Å². The van der Waals surface area contributed by atoms with Gasteiger partial charge >= 0.3 is 0 Å². The predicted octanol–water partition coefficient (Wildman–Crippen LogP) is 3.93. The fraction of sp³-hybridized carbons (Fsp3) is 0.263. The summed E-state index contributed by atoms with van der Waals surface area (Å²) >= 11 is 0. The maximum Gasteiger partial charge on any atom is 0.218 e. The summed E-state index contributed by atoms with van der Waals surface area (Å²) in [6.07, 6.45) is 1.09. The van der Waals surface area contributed by atoms with E-state index in [0.717, 1.165) is 6.07 Å². The molecule has 4 nitrogen and oxygen atoms in total. The Morgan fingerprint density at radius 1 is 1.40 bits per heavy atom. The largest absolute Gasteiger partial charge is 0.492 e. The summed E-state index contributed by atoms with van der Waals surface area (Å²) in [7, 11) is 0. The molecule has 2 aromatic rings. The van der Waals surface area contributed by atoms with Crippen molar-refractivity contribution in [1.82, 2.24) is 4.98 Å². The van der Waals surface area contributed by atoms with Crippen molar-refractivity contribution in [2.45, 2.75) is 25.9 Å². The van der Waals surface area contributed by atoms with Crippen LogP contribution in [0.25, 0.3) is 16.9 Å². The number of rotatable bonds is 5. The van der Waals surface area contributed by atoms with Crippen LogP contribution in [0.15, 0.2) is 30.8 Å². The lowest BCUT2D eigenvalue weighted by Crippen LogP contribution is -2.25. The molecule has 1 atom stereocenters. The number of fused-ring (bicyclic) bond motifs is 1. The van der Waals surface area contributed by atoms with E-state index in [0.29, 0.717) is 48.3 Å². The van der Waals surface area contributed by atoms with E-state index >= 15 is 0 Å². The summed E-state index contributed by atoms with van der Waals surface area (Å²) in [4.78, 5) is 15.4. The summed E-state index contributed by atoms with van der Waals surface area (Å²) in [5.74, 6) is -0.773. The molecule has 0 amide bonds. The molecule has 0 bridgehead atoms. The number of pyridine rings is 1. The van der Waals surface area contributed by atoms with Gasteiger partial charge in [-0.25, -0.2) is 13.8 Å². The van der Waals surface area contributed by atoms with Gasteiger partial charge in [-0.1, -0.05) is 6.58 Å². The summed E-state index contributed by atoms with van der Waals surface area (Å²) < 4.78 is 38.6. The Morgan fingerprint density at radius 3 is 2.88 bits per heavy atom. The topological polar surface area (TPSA) is 48.4 Å². The molecular formula is C19H17F2NO3. The number of hydrogen-bond donors (Lipinski definition) is 0. The van der Waals surface area contributed by atoms with Crippen LogP contribution in [0, 0.1) is 11.6 Å². The van der Waals surface area contributed by atoms with Crippen molar-refractivity contribution in [3.8, 4) is 17.0 Å². The van der Waals surface area contributed by atoms with Gasteiger partial charge in [-0.2, -0.15) is 0 Å². The van der Waals surface area contributed by atoms with Gasteiger partial charge in [0.15, 0.2) is 12.4 Å². The molecule has 130 valence electrons. The molecule has 25 heavy (non-hydrogen) atoms. The molecule has 0 saturated heterocycles. The quantitative estimate of drug-likeness (QED) is 0.609. The highest BCUT2D eigenvalue weighted by Crippen LogP contribution is 2.37. The molecule has 1 aliphatic heterocycles. The van der Waals surface area contributed by atoms with Gasteiger partial charge in [0.05, 0.1) is 6.61 Å². The average Bonchev–Trinajstić information content (AvgIpc) is 2.60. The lowest BCUT2D eigenvalue weighted by Gasteiger charge is -2.24. The van der Waals surface area contributed by atoms with Gasteiger partial charge in [0.2, 0.25) is 5.88 Å². The zero-order valence-electron chi connectivity index (χ0n) is 13.7. The smallest absolute Gasteiger partial charge is 0.218 e. The summed E-state index contributed by atoms with van der Waals surface area (Å²) in [5, 5.41) is 0. The number of aldehydes is 1. The Balaban J connectivity index is 2.17.